The van der Waals surface area contributed by atoms with Crippen molar-refractivity contribution < 1.29 is 4.42 Å². The minimum atomic E-state index is -0.350. The molecule has 0 amide bonds. The number of aromatic nitrogens is 1. The Bertz CT molecular complexity index is 1320. The van der Waals surface area contributed by atoms with Gasteiger partial charge in [0.15, 0.2) is 0 Å². The number of rotatable bonds is 2. The van der Waals surface area contributed by atoms with Crippen LogP contribution in [0.25, 0.3) is 44.3 Å². The molecule has 0 N–H and O–H groups in total. The first-order chi connectivity index (χ1) is 13.3. The van der Waals surface area contributed by atoms with E-state index >= 15 is 0 Å². The van der Waals surface area contributed by atoms with Crippen LogP contribution in [0.15, 0.2) is 100 Å². The fraction of sp³-hybridized carbons (Fsp3) is 0. The summed E-state index contributed by atoms with van der Waals surface area (Å²) in [6.45, 7) is 0. The van der Waals surface area contributed by atoms with Crippen LogP contribution in [0.5, 0.6) is 0 Å². The molecule has 0 bridgehead atoms. The molecule has 0 atom stereocenters. The Hall–Kier alpha value is -3.72. The highest BCUT2D eigenvalue weighted by Gasteiger charge is 2.13. The summed E-state index contributed by atoms with van der Waals surface area (Å²) in [5, 5.41) is 1.88. The SMILES string of the molecule is O=c1ccc2c(ccc3nc(-c4ccccc4)cc(-c4ccccc4)c32)o1. The van der Waals surface area contributed by atoms with Gasteiger partial charge in [0, 0.05) is 22.4 Å². The summed E-state index contributed by atoms with van der Waals surface area (Å²) in [6, 6.07) is 29.5. The fourth-order valence-corrected chi connectivity index (χ4v) is 3.49. The predicted molar refractivity (Wildman–Crippen MR) is 109 cm³/mol. The molecule has 0 unspecified atom stereocenters. The lowest BCUT2D eigenvalue weighted by Gasteiger charge is -2.12. The molecule has 3 heteroatoms. The largest absolute Gasteiger partial charge is 0.423 e. The van der Waals surface area contributed by atoms with Crippen LogP contribution in [0.2, 0.25) is 0 Å². The normalized spacial score (nSPS) is 11.1. The first-order valence-corrected chi connectivity index (χ1v) is 8.78. The molecule has 0 radical (unpaired) electrons. The van der Waals surface area contributed by atoms with Crippen molar-refractivity contribution in [1.82, 2.24) is 4.98 Å². The molecule has 0 fully saturated rings. The molecule has 0 aliphatic carbocycles. The van der Waals surface area contributed by atoms with Crippen molar-refractivity contribution in [3.63, 3.8) is 0 Å². The van der Waals surface area contributed by atoms with E-state index in [-0.39, 0.29) is 5.63 Å². The van der Waals surface area contributed by atoms with Crippen molar-refractivity contribution in [3.8, 4) is 22.4 Å². The standard InChI is InChI=1S/C24H15NO2/c26-23-14-11-18-22(27-23)13-12-20-24(18)19(16-7-3-1-4-8-16)15-21(25-20)17-9-5-2-6-10-17/h1-15H. The third kappa shape index (κ3) is 2.70. The highest BCUT2D eigenvalue weighted by atomic mass is 16.4. The van der Waals surface area contributed by atoms with E-state index in [9.17, 15) is 4.79 Å². The van der Waals surface area contributed by atoms with Gasteiger partial charge in [-0.05, 0) is 35.4 Å². The smallest absolute Gasteiger partial charge is 0.336 e. The quantitative estimate of drug-likeness (QED) is 0.304. The van der Waals surface area contributed by atoms with Gasteiger partial charge in [-0.15, -0.1) is 0 Å². The van der Waals surface area contributed by atoms with Gasteiger partial charge >= 0.3 is 5.63 Å². The Morgan fingerprint density at radius 2 is 1.41 bits per heavy atom. The van der Waals surface area contributed by atoms with E-state index in [1.807, 2.05) is 54.6 Å². The lowest BCUT2D eigenvalue weighted by Crippen LogP contribution is -1.96. The van der Waals surface area contributed by atoms with Crippen LogP contribution in [0, 0.1) is 0 Å². The minimum absolute atomic E-state index is 0.350. The minimum Gasteiger partial charge on any atom is -0.423 e. The second-order valence-corrected chi connectivity index (χ2v) is 6.41. The van der Waals surface area contributed by atoms with Crippen molar-refractivity contribution in [3.05, 3.63) is 101 Å². The van der Waals surface area contributed by atoms with Gasteiger partial charge in [-0.3, -0.25) is 0 Å². The third-order valence-corrected chi connectivity index (χ3v) is 4.73. The number of fused-ring (bicyclic) bond motifs is 3. The maximum absolute atomic E-state index is 11.6. The van der Waals surface area contributed by atoms with Gasteiger partial charge in [-0.25, -0.2) is 9.78 Å². The van der Waals surface area contributed by atoms with Crippen LogP contribution in [-0.4, -0.2) is 4.98 Å². The van der Waals surface area contributed by atoms with E-state index in [0.29, 0.717) is 5.58 Å². The monoisotopic (exact) mass is 349 g/mol. The molecule has 5 rings (SSSR count). The lowest BCUT2D eigenvalue weighted by atomic mass is 9.96. The summed E-state index contributed by atoms with van der Waals surface area (Å²) in [7, 11) is 0. The average Bonchev–Trinajstić information content (AvgIpc) is 2.74. The molecule has 2 heterocycles. The molecule has 5 aromatic rings. The highest BCUT2D eigenvalue weighted by Crippen LogP contribution is 2.36. The van der Waals surface area contributed by atoms with E-state index in [4.69, 9.17) is 9.40 Å². The summed E-state index contributed by atoms with van der Waals surface area (Å²) in [6.07, 6.45) is 0. The van der Waals surface area contributed by atoms with Crippen LogP contribution < -0.4 is 5.63 Å². The summed E-state index contributed by atoms with van der Waals surface area (Å²) >= 11 is 0. The molecule has 2 aromatic heterocycles. The molecule has 3 nitrogen and oxygen atoms in total. The molecule has 3 aromatic carbocycles. The van der Waals surface area contributed by atoms with Crippen molar-refractivity contribution in [1.29, 1.82) is 0 Å². The Balaban J connectivity index is 1.92. The van der Waals surface area contributed by atoms with Crippen molar-refractivity contribution in [2.24, 2.45) is 0 Å². The van der Waals surface area contributed by atoms with Gasteiger partial charge in [0.25, 0.3) is 0 Å². The van der Waals surface area contributed by atoms with Gasteiger partial charge in [0.1, 0.15) is 5.58 Å². The second kappa shape index (κ2) is 6.22. The zero-order valence-corrected chi connectivity index (χ0v) is 14.4. The number of nitrogens with zero attached hydrogens (tertiary/aromatic N) is 1. The van der Waals surface area contributed by atoms with Gasteiger partial charge < -0.3 is 4.42 Å². The van der Waals surface area contributed by atoms with Crippen LogP contribution in [0.3, 0.4) is 0 Å². The molecular weight excluding hydrogens is 334 g/mol. The third-order valence-electron chi connectivity index (χ3n) is 4.73. The maximum atomic E-state index is 11.6. The van der Waals surface area contributed by atoms with Gasteiger partial charge in [0.05, 0.1) is 11.2 Å². The summed E-state index contributed by atoms with van der Waals surface area (Å²) in [5.41, 5.74) is 5.24. The molecule has 0 aliphatic rings. The summed E-state index contributed by atoms with van der Waals surface area (Å²) in [5.74, 6) is 0. The summed E-state index contributed by atoms with van der Waals surface area (Å²) in [4.78, 5) is 16.5. The van der Waals surface area contributed by atoms with E-state index in [0.717, 1.165) is 38.7 Å². The van der Waals surface area contributed by atoms with E-state index < -0.39 is 0 Å². The average molecular weight is 349 g/mol. The second-order valence-electron chi connectivity index (χ2n) is 6.41. The molecule has 0 saturated heterocycles. The molecule has 128 valence electrons. The Labute approximate surface area is 155 Å². The summed E-state index contributed by atoms with van der Waals surface area (Å²) < 4.78 is 5.39. The molecular formula is C24H15NO2. The zero-order valence-electron chi connectivity index (χ0n) is 14.4. The number of pyridine rings is 1. The molecule has 0 aliphatic heterocycles. The molecule has 0 saturated carbocycles. The Morgan fingerprint density at radius 1 is 0.704 bits per heavy atom. The van der Waals surface area contributed by atoms with Crippen LogP contribution in [-0.2, 0) is 0 Å². The number of benzene rings is 3. The Morgan fingerprint density at radius 3 is 2.15 bits per heavy atom. The Kier molecular flexibility index (Phi) is 3.58. The lowest BCUT2D eigenvalue weighted by molar-refractivity contribution is 0.561. The topological polar surface area (TPSA) is 43.1 Å². The molecule has 0 spiro atoms. The van der Waals surface area contributed by atoms with Crippen molar-refractivity contribution >= 4 is 21.9 Å². The van der Waals surface area contributed by atoms with E-state index in [1.165, 1.54) is 6.07 Å². The first-order valence-electron chi connectivity index (χ1n) is 8.78. The van der Waals surface area contributed by atoms with Crippen LogP contribution >= 0.6 is 0 Å². The predicted octanol–water partition coefficient (Wildman–Crippen LogP) is 5.68. The first kappa shape index (κ1) is 15.5. The van der Waals surface area contributed by atoms with Crippen LogP contribution in [0.4, 0.5) is 0 Å². The fourth-order valence-electron chi connectivity index (χ4n) is 3.49. The highest BCUT2D eigenvalue weighted by molar-refractivity contribution is 6.12. The van der Waals surface area contributed by atoms with Crippen LogP contribution in [0.1, 0.15) is 0 Å². The number of hydrogen-bond donors (Lipinski definition) is 0. The molecule has 27 heavy (non-hydrogen) atoms. The van der Waals surface area contributed by atoms with Gasteiger partial charge in [-0.1, -0.05) is 60.7 Å². The van der Waals surface area contributed by atoms with E-state index in [2.05, 4.69) is 30.3 Å². The van der Waals surface area contributed by atoms with Gasteiger partial charge in [-0.2, -0.15) is 0 Å². The van der Waals surface area contributed by atoms with Crippen molar-refractivity contribution in [2.75, 3.05) is 0 Å². The maximum Gasteiger partial charge on any atom is 0.336 e. The number of hydrogen-bond acceptors (Lipinski definition) is 3. The zero-order chi connectivity index (χ0) is 18.2. The van der Waals surface area contributed by atoms with Gasteiger partial charge in [0.2, 0.25) is 0 Å². The van der Waals surface area contributed by atoms with Crippen molar-refractivity contribution in [2.45, 2.75) is 0 Å². The van der Waals surface area contributed by atoms with E-state index in [1.54, 1.807) is 0 Å².